The van der Waals surface area contributed by atoms with Gasteiger partial charge < -0.3 is 19.6 Å². The zero-order chi connectivity index (χ0) is 29.5. The maximum absolute atomic E-state index is 13.0. The monoisotopic (exact) mass is 598 g/mol. The third-order valence-corrected chi connectivity index (χ3v) is 8.23. The summed E-state index contributed by atoms with van der Waals surface area (Å²) in [4.78, 5) is 27.5. The third-order valence-electron chi connectivity index (χ3n) is 6.28. The summed E-state index contributed by atoms with van der Waals surface area (Å²) in [6.45, 7) is 5.90. The summed E-state index contributed by atoms with van der Waals surface area (Å²) in [7, 11) is 0. The van der Waals surface area contributed by atoms with Crippen molar-refractivity contribution in [2.45, 2.75) is 62.7 Å². The standard InChI is InChI=1S/C28H30ClF3N2O5S/c1-4-27(5-2,26(36)37)40-21-10-8-19(9-11-21)15-34(16-20-7-6-12-38-20)17-25(35)33-23-14-22(29)24(13-18(23)3)39-28(30,31)32/h6-14H,4-5,15-17H2,1-3H3,(H,33,35)(H,36,37). The molecule has 1 aromatic heterocycles. The lowest BCUT2D eigenvalue weighted by atomic mass is 10.0. The lowest BCUT2D eigenvalue weighted by Crippen LogP contribution is -2.33. The molecule has 0 saturated heterocycles. The van der Waals surface area contributed by atoms with E-state index in [1.54, 1.807) is 12.1 Å². The van der Waals surface area contributed by atoms with E-state index in [0.29, 0.717) is 37.3 Å². The highest BCUT2D eigenvalue weighted by atomic mass is 35.5. The molecule has 40 heavy (non-hydrogen) atoms. The summed E-state index contributed by atoms with van der Waals surface area (Å²) in [5, 5.41) is 12.1. The van der Waals surface area contributed by atoms with Gasteiger partial charge in [0.2, 0.25) is 5.91 Å². The first-order chi connectivity index (χ1) is 18.8. The van der Waals surface area contributed by atoms with Gasteiger partial charge in [-0.1, -0.05) is 37.6 Å². The summed E-state index contributed by atoms with van der Waals surface area (Å²) >= 11 is 7.27. The molecule has 0 radical (unpaired) electrons. The van der Waals surface area contributed by atoms with E-state index >= 15 is 0 Å². The van der Waals surface area contributed by atoms with Crippen molar-refractivity contribution in [1.29, 1.82) is 0 Å². The van der Waals surface area contributed by atoms with E-state index in [2.05, 4.69) is 10.1 Å². The first-order valence-corrected chi connectivity index (χ1v) is 13.7. The highest BCUT2D eigenvalue weighted by Crippen LogP contribution is 2.39. The molecule has 1 amide bonds. The average Bonchev–Trinajstić information content (AvgIpc) is 3.38. The fourth-order valence-corrected chi connectivity index (χ4v) is 5.36. The minimum absolute atomic E-state index is 0.0527. The van der Waals surface area contributed by atoms with E-state index in [1.807, 2.05) is 43.0 Å². The number of hydrogen-bond acceptors (Lipinski definition) is 6. The molecule has 0 bridgehead atoms. The van der Waals surface area contributed by atoms with Crippen LogP contribution in [0.2, 0.25) is 5.02 Å². The number of aliphatic carboxylic acids is 1. The number of rotatable bonds is 13. The van der Waals surface area contributed by atoms with Crippen LogP contribution in [0.3, 0.4) is 0 Å². The van der Waals surface area contributed by atoms with Gasteiger partial charge in [0.05, 0.1) is 24.4 Å². The van der Waals surface area contributed by atoms with Crippen molar-refractivity contribution < 1.29 is 37.0 Å². The molecule has 3 rings (SSSR count). The van der Waals surface area contributed by atoms with Gasteiger partial charge in [-0.2, -0.15) is 0 Å². The van der Waals surface area contributed by atoms with Gasteiger partial charge in [0.15, 0.2) is 0 Å². The number of halogens is 4. The van der Waals surface area contributed by atoms with Gasteiger partial charge in [0.1, 0.15) is 16.3 Å². The van der Waals surface area contributed by atoms with Gasteiger partial charge in [0, 0.05) is 17.1 Å². The maximum atomic E-state index is 13.0. The first-order valence-electron chi connectivity index (χ1n) is 12.5. The Hall–Kier alpha value is -3.15. The third kappa shape index (κ3) is 8.67. The van der Waals surface area contributed by atoms with E-state index in [9.17, 15) is 27.9 Å². The van der Waals surface area contributed by atoms with Crippen molar-refractivity contribution >= 4 is 40.9 Å². The number of benzene rings is 2. The molecule has 12 heteroatoms. The maximum Gasteiger partial charge on any atom is 0.573 e. The Morgan fingerprint density at radius 1 is 1.10 bits per heavy atom. The lowest BCUT2D eigenvalue weighted by Gasteiger charge is -2.26. The fourth-order valence-electron chi connectivity index (χ4n) is 4.06. The Morgan fingerprint density at radius 3 is 2.33 bits per heavy atom. The number of amides is 1. The van der Waals surface area contributed by atoms with E-state index in [4.69, 9.17) is 16.0 Å². The SMILES string of the molecule is CCC(CC)(Sc1ccc(CN(CC(=O)Nc2cc(Cl)c(OC(F)(F)F)cc2C)Cc2ccco2)cc1)C(=O)O. The van der Waals surface area contributed by atoms with Gasteiger partial charge in [-0.15, -0.1) is 24.9 Å². The average molecular weight is 599 g/mol. The van der Waals surface area contributed by atoms with Crippen molar-refractivity contribution in [3.63, 3.8) is 0 Å². The molecule has 0 spiro atoms. The number of carbonyl (C=O) groups is 2. The second-order valence-corrected chi connectivity index (χ2v) is 11.0. The van der Waals surface area contributed by atoms with Crippen molar-refractivity contribution in [2.24, 2.45) is 0 Å². The number of carbonyl (C=O) groups excluding carboxylic acids is 1. The summed E-state index contributed by atoms with van der Waals surface area (Å²) in [6.07, 6.45) is -2.39. The topological polar surface area (TPSA) is 92.0 Å². The smallest absolute Gasteiger partial charge is 0.480 e. The molecule has 0 saturated carbocycles. The number of alkyl halides is 3. The minimum atomic E-state index is -4.89. The number of nitrogens with zero attached hydrogens (tertiary/aromatic N) is 1. The summed E-state index contributed by atoms with van der Waals surface area (Å²) in [6, 6.07) is 13.4. The molecule has 2 aromatic carbocycles. The van der Waals surface area contributed by atoms with Crippen LogP contribution in [0.1, 0.15) is 43.6 Å². The van der Waals surface area contributed by atoms with Crippen LogP contribution in [-0.4, -0.2) is 39.5 Å². The predicted octanol–water partition coefficient (Wildman–Crippen LogP) is 7.52. The summed E-state index contributed by atoms with van der Waals surface area (Å²) in [5.74, 6) is -1.16. The quantitative estimate of drug-likeness (QED) is 0.197. The molecule has 0 unspecified atom stereocenters. The molecular weight excluding hydrogens is 569 g/mol. The Morgan fingerprint density at radius 2 is 1.77 bits per heavy atom. The molecule has 0 atom stereocenters. The molecule has 2 N–H and O–H groups in total. The second kappa shape index (κ2) is 13.5. The van der Waals surface area contributed by atoms with E-state index < -0.39 is 28.7 Å². The molecule has 0 aliphatic heterocycles. The second-order valence-electron chi connectivity index (χ2n) is 9.17. The van der Waals surface area contributed by atoms with Crippen molar-refractivity contribution in [1.82, 2.24) is 4.90 Å². The molecular formula is C28H30ClF3N2O5S. The van der Waals surface area contributed by atoms with Gasteiger partial charge in [0.25, 0.3) is 0 Å². The molecule has 0 aliphatic rings. The normalized spacial score (nSPS) is 12.0. The Kier molecular flexibility index (Phi) is 10.6. The van der Waals surface area contributed by atoms with Gasteiger partial charge in [-0.25, -0.2) is 0 Å². The molecule has 0 aliphatic carbocycles. The number of ether oxygens (including phenoxy) is 1. The number of aryl methyl sites for hydroxylation is 1. The highest BCUT2D eigenvalue weighted by Gasteiger charge is 2.36. The number of anilines is 1. The molecule has 216 valence electrons. The number of nitrogens with one attached hydrogen (secondary N) is 1. The number of carboxylic acids is 1. The van der Waals surface area contributed by atoms with Gasteiger partial charge in [-0.05, 0) is 67.3 Å². The molecule has 0 fully saturated rings. The lowest BCUT2D eigenvalue weighted by molar-refractivity contribution is -0.274. The molecule has 7 nitrogen and oxygen atoms in total. The van der Waals surface area contributed by atoms with Crippen LogP contribution in [0.15, 0.2) is 64.1 Å². The van der Waals surface area contributed by atoms with Crippen LogP contribution in [0, 0.1) is 6.92 Å². The zero-order valence-electron chi connectivity index (χ0n) is 22.2. The predicted molar refractivity (Wildman–Crippen MR) is 148 cm³/mol. The van der Waals surface area contributed by atoms with Crippen LogP contribution in [0.4, 0.5) is 18.9 Å². The Labute approximate surface area is 239 Å². The van der Waals surface area contributed by atoms with Crippen molar-refractivity contribution in [2.75, 3.05) is 11.9 Å². The van der Waals surface area contributed by atoms with E-state index in [0.717, 1.165) is 16.5 Å². The zero-order valence-corrected chi connectivity index (χ0v) is 23.8. The summed E-state index contributed by atoms with van der Waals surface area (Å²) in [5.41, 5.74) is 1.50. The number of hydrogen-bond donors (Lipinski definition) is 2. The Bertz CT molecular complexity index is 1300. The fraction of sp³-hybridized carbons (Fsp3) is 0.357. The van der Waals surface area contributed by atoms with Gasteiger partial charge >= 0.3 is 12.3 Å². The van der Waals surface area contributed by atoms with Crippen molar-refractivity contribution in [3.8, 4) is 5.75 Å². The van der Waals surface area contributed by atoms with Crippen LogP contribution in [0.25, 0.3) is 0 Å². The van der Waals surface area contributed by atoms with E-state index in [1.165, 1.54) is 31.0 Å². The molecule has 1 heterocycles. The van der Waals surface area contributed by atoms with Crippen LogP contribution < -0.4 is 10.1 Å². The minimum Gasteiger partial charge on any atom is -0.480 e. The number of thioether (sulfide) groups is 1. The van der Waals surface area contributed by atoms with Gasteiger partial charge in [-0.3, -0.25) is 14.5 Å². The number of furan rings is 1. The largest absolute Gasteiger partial charge is 0.573 e. The number of carboxylic acid groups (broad SMARTS) is 1. The summed E-state index contributed by atoms with van der Waals surface area (Å²) < 4.78 is 46.3. The van der Waals surface area contributed by atoms with Crippen LogP contribution in [-0.2, 0) is 22.7 Å². The van der Waals surface area contributed by atoms with E-state index in [-0.39, 0.29) is 17.3 Å². The Balaban J connectivity index is 1.72. The van der Waals surface area contributed by atoms with Crippen LogP contribution >= 0.6 is 23.4 Å². The highest BCUT2D eigenvalue weighted by molar-refractivity contribution is 8.01. The first kappa shape index (κ1) is 31.4. The van der Waals surface area contributed by atoms with Crippen molar-refractivity contribution in [3.05, 3.63) is 76.7 Å². The van der Waals surface area contributed by atoms with Crippen LogP contribution in [0.5, 0.6) is 5.75 Å². The molecule has 3 aromatic rings.